The number of nitrogens with two attached hydrogens (primary N) is 1. The van der Waals surface area contributed by atoms with Crippen LogP contribution in [0.4, 0.5) is 10.6 Å². The van der Waals surface area contributed by atoms with Crippen LogP contribution in [0.2, 0.25) is 0 Å². The van der Waals surface area contributed by atoms with E-state index >= 15 is 0 Å². The van der Waals surface area contributed by atoms with Gasteiger partial charge in [-0.2, -0.15) is 10.2 Å². The molecule has 248 valence electrons. The van der Waals surface area contributed by atoms with Crippen LogP contribution in [0.5, 0.6) is 5.75 Å². The monoisotopic (exact) mass is 647 g/mol. The second kappa shape index (κ2) is 12.3. The highest BCUT2D eigenvalue weighted by molar-refractivity contribution is 6.08. The summed E-state index contributed by atoms with van der Waals surface area (Å²) in [6, 6.07) is 14.4. The van der Waals surface area contributed by atoms with Crippen LogP contribution in [0.25, 0.3) is 27.7 Å². The fourth-order valence-electron chi connectivity index (χ4n) is 7.67. The van der Waals surface area contributed by atoms with E-state index in [2.05, 4.69) is 74.8 Å². The molecule has 3 N–H and O–H groups in total. The molecule has 48 heavy (non-hydrogen) atoms. The second-order valence-corrected chi connectivity index (χ2v) is 13.6. The Morgan fingerprint density at radius 3 is 2.62 bits per heavy atom. The SMILES string of the molecule is Cc1cc(-c2ncnn3cc(OC4CC(CN5CCC(c6ccc7c(N8CCC(=O)NC8=O)nn(C)c7c6)CC5)C4)cc23)ccc1CN. The van der Waals surface area contributed by atoms with Crippen LogP contribution in [0.15, 0.2) is 55.0 Å². The number of nitrogens with zero attached hydrogens (tertiary/aromatic N) is 7. The van der Waals surface area contributed by atoms with Gasteiger partial charge in [0.1, 0.15) is 12.1 Å². The van der Waals surface area contributed by atoms with Crippen molar-refractivity contribution in [2.75, 3.05) is 31.1 Å². The van der Waals surface area contributed by atoms with Crippen molar-refractivity contribution in [1.29, 1.82) is 0 Å². The van der Waals surface area contributed by atoms with Crippen molar-refractivity contribution in [3.05, 3.63) is 71.7 Å². The number of piperidine rings is 1. The van der Waals surface area contributed by atoms with Crippen molar-refractivity contribution in [3.8, 4) is 17.0 Å². The largest absolute Gasteiger partial charge is 0.489 e. The van der Waals surface area contributed by atoms with Crippen LogP contribution in [0.3, 0.4) is 0 Å². The molecule has 0 radical (unpaired) electrons. The van der Waals surface area contributed by atoms with Gasteiger partial charge in [-0.3, -0.25) is 19.7 Å². The highest BCUT2D eigenvalue weighted by Gasteiger charge is 2.34. The molecule has 0 spiro atoms. The van der Waals surface area contributed by atoms with Crippen molar-refractivity contribution in [2.45, 2.75) is 57.6 Å². The van der Waals surface area contributed by atoms with Crippen LogP contribution < -0.4 is 20.7 Å². The average Bonchev–Trinajstić information content (AvgIpc) is 3.64. The lowest BCUT2D eigenvalue weighted by atomic mass is 9.81. The van der Waals surface area contributed by atoms with E-state index in [0.29, 0.717) is 30.7 Å². The molecule has 2 aliphatic heterocycles. The average molecular weight is 648 g/mol. The molecule has 3 aromatic heterocycles. The Balaban J connectivity index is 0.845. The number of aromatic nitrogens is 5. The molecule has 2 saturated heterocycles. The van der Waals surface area contributed by atoms with E-state index in [0.717, 1.165) is 89.9 Å². The summed E-state index contributed by atoms with van der Waals surface area (Å²) in [4.78, 5) is 32.8. The van der Waals surface area contributed by atoms with Crippen molar-refractivity contribution in [1.82, 2.24) is 34.6 Å². The zero-order chi connectivity index (χ0) is 32.9. The summed E-state index contributed by atoms with van der Waals surface area (Å²) in [6.07, 6.45) is 8.41. The highest BCUT2D eigenvalue weighted by atomic mass is 16.5. The van der Waals surface area contributed by atoms with Crippen LogP contribution in [0, 0.1) is 12.8 Å². The van der Waals surface area contributed by atoms with E-state index < -0.39 is 6.03 Å². The third-order valence-corrected chi connectivity index (χ3v) is 10.5. The Labute approximate surface area is 278 Å². The van der Waals surface area contributed by atoms with E-state index in [1.54, 1.807) is 11.2 Å². The molecule has 3 fully saturated rings. The number of rotatable bonds is 8. The number of nitrogens with one attached hydrogen (secondary N) is 1. The van der Waals surface area contributed by atoms with Gasteiger partial charge in [-0.25, -0.2) is 14.3 Å². The maximum absolute atomic E-state index is 12.4. The zero-order valence-electron chi connectivity index (χ0n) is 27.4. The Kier molecular flexibility index (Phi) is 7.84. The van der Waals surface area contributed by atoms with Gasteiger partial charge >= 0.3 is 6.03 Å². The predicted molar refractivity (Wildman–Crippen MR) is 183 cm³/mol. The molecule has 5 heterocycles. The van der Waals surface area contributed by atoms with Gasteiger partial charge < -0.3 is 15.4 Å². The first-order valence-electron chi connectivity index (χ1n) is 16.9. The first-order valence-corrected chi connectivity index (χ1v) is 16.9. The van der Waals surface area contributed by atoms with E-state index in [1.807, 2.05) is 22.4 Å². The van der Waals surface area contributed by atoms with E-state index in [4.69, 9.17) is 10.5 Å². The molecule has 3 aliphatic rings. The number of imide groups is 1. The van der Waals surface area contributed by atoms with Gasteiger partial charge in [-0.15, -0.1) is 0 Å². The maximum atomic E-state index is 12.4. The number of fused-ring (bicyclic) bond motifs is 2. The summed E-state index contributed by atoms with van der Waals surface area (Å²) in [5.74, 6) is 2.34. The zero-order valence-corrected chi connectivity index (χ0v) is 27.4. The van der Waals surface area contributed by atoms with E-state index in [9.17, 15) is 9.59 Å². The van der Waals surface area contributed by atoms with Crippen LogP contribution >= 0.6 is 0 Å². The standard InChI is InChI=1S/C36H41N9O3/c1-22-13-26(3-4-27(22)18-37)34-32-17-29(20-45(32)39-21-38-34)48-28-14-23(15-28)19-43-10-7-24(8-11-43)25-5-6-30-31(16-25)42(2)41-35(30)44-12-9-33(46)40-36(44)47/h3-6,13,16-17,20-21,23-24,28H,7-12,14-15,18-19,37H2,1-2H3,(H,40,46,47). The number of anilines is 1. The van der Waals surface area contributed by atoms with E-state index in [1.165, 1.54) is 5.56 Å². The van der Waals surface area contributed by atoms with Crippen molar-refractivity contribution in [2.24, 2.45) is 18.7 Å². The lowest BCUT2D eigenvalue weighted by Crippen LogP contribution is -2.49. The Bertz CT molecular complexity index is 2020. The molecule has 0 unspecified atom stereocenters. The minimum Gasteiger partial charge on any atom is -0.489 e. The number of carbonyl (C=O) groups is 2. The Hall–Kier alpha value is -4.81. The lowest BCUT2D eigenvalue weighted by molar-refractivity contribution is -0.120. The molecule has 3 amide bonds. The second-order valence-electron chi connectivity index (χ2n) is 13.6. The summed E-state index contributed by atoms with van der Waals surface area (Å²) in [7, 11) is 1.91. The first kappa shape index (κ1) is 30.5. The van der Waals surface area contributed by atoms with Gasteiger partial charge in [0.2, 0.25) is 5.91 Å². The van der Waals surface area contributed by atoms with Gasteiger partial charge in [-0.1, -0.05) is 18.2 Å². The summed E-state index contributed by atoms with van der Waals surface area (Å²) < 4.78 is 10.1. The Morgan fingerprint density at radius 1 is 1.02 bits per heavy atom. The molecule has 0 bridgehead atoms. The quantitative estimate of drug-likeness (QED) is 0.251. The maximum Gasteiger partial charge on any atom is 0.329 e. The van der Waals surface area contributed by atoms with Crippen LogP contribution in [-0.2, 0) is 18.4 Å². The number of amides is 3. The molecule has 0 atom stereocenters. The highest BCUT2D eigenvalue weighted by Crippen LogP contribution is 2.37. The number of benzene rings is 2. The lowest BCUT2D eigenvalue weighted by Gasteiger charge is -2.40. The van der Waals surface area contributed by atoms with Gasteiger partial charge in [0.15, 0.2) is 5.82 Å². The first-order chi connectivity index (χ1) is 23.3. The van der Waals surface area contributed by atoms with Crippen LogP contribution in [-0.4, -0.2) is 73.5 Å². The molecule has 8 rings (SSSR count). The molecule has 1 saturated carbocycles. The smallest absolute Gasteiger partial charge is 0.329 e. The Morgan fingerprint density at radius 2 is 1.85 bits per heavy atom. The summed E-state index contributed by atoms with van der Waals surface area (Å²) in [5, 5.41) is 12.4. The molecule has 2 aromatic carbocycles. The van der Waals surface area contributed by atoms with E-state index in [-0.39, 0.29) is 18.4 Å². The minimum absolute atomic E-state index is 0.222. The molecule has 1 aliphatic carbocycles. The fourth-order valence-corrected chi connectivity index (χ4v) is 7.67. The number of hydrogen-bond donors (Lipinski definition) is 2. The van der Waals surface area contributed by atoms with Crippen LogP contribution in [0.1, 0.15) is 54.7 Å². The predicted octanol–water partition coefficient (Wildman–Crippen LogP) is 4.53. The fraction of sp³-hybridized carbons (Fsp3) is 0.417. The number of hydrogen-bond acceptors (Lipinski definition) is 8. The third kappa shape index (κ3) is 5.68. The van der Waals surface area contributed by atoms with Gasteiger partial charge in [0.25, 0.3) is 0 Å². The normalized spacial score (nSPS) is 20.8. The van der Waals surface area contributed by atoms with Crippen molar-refractivity contribution >= 4 is 34.2 Å². The van der Waals surface area contributed by atoms with Crippen molar-refractivity contribution < 1.29 is 14.3 Å². The topological polar surface area (TPSA) is 136 Å². The summed E-state index contributed by atoms with van der Waals surface area (Å²) in [6.45, 7) is 6.23. The summed E-state index contributed by atoms with van der Waals surface area (Å²) in [5.41, 5.74) is 13.3. The summed E-state index contributed by atoms with van der Waals surface area (Å²) >= 11 is 0. The van der Waals surface area contributed by atoms with Gasteiger partial charge in [0, 0.05) is 50.1 Å². The number of likely N-dealkylation sites (tertiary alicyclic amines) is 1. The molecule has 5 aromatic rings. The minimum atomic E-state index is -0.407. The number of carbonyl (C=O) groups excluding carboxylic acids is 2. The van der Waals surface area contributed by atoms with Gasteiger partial charge in [0.05, 0.1) is 29.0 Å². The number of urea groups is 1. The molecule has 12 heteroatoms. The molecular formula is C36H41N9O3. The van der Waals surface area contributed by atoms with Crippen molar-refractivity contribution in [3.63, 3.8) is 0 Å². The molecular weight excluding hydrogens is 606 g/mol. The van der Waals surface area contributed by atoms with Gasteiger partial charge in [-0.05, 0) is 92.4 Å². The third-order valence-electron chi connectivity index (χ3n) is 10.5. The molecule has 12 nitrogen and oxygen atoms in total. The number of ether oxygens (including phenoxy) is 1. The number of aryl methyl sites for hydroxylation is 2.